The molecule has 0 atom stereocenters. The third kappa shape index (κ3) is 4.02. The van der Waals surface area contributed by atoms with Crippen LogP contribution in [0.5, 0.6) is 0 Å². The lowest BCUT2D eigenvalue weighted by atomic mass is 10.4. The van der Waals surface area contributed by atoms with Crippen LogP contribution in [-0.4, -0.2) is 35.8 Å². The molecule has 1 fully saturated rings. The Hall–Kier alpha value is -1.45. The second-order valence-electron chi connectivity index (χ2n) is 4.96. The summed E-state index contributed by atoms with van der Waals surface area (Å²) in [6.45, 7) is 1.64. The highest BCUT2D eigenvalue weighted by molar-refractivity contribution is 7.93. The van der Waals surface area contributed by atoms with Crippen LogP contribution in [-0.2, 0) is 16.6 Å². The van der Waals surface area contributed by atoms with E-state index in [0.717, 1.165) is 13.0 Å². The number of hydrogen-bond donors (Lipinski definition) is 2. The maximum atomic E-state index is 12.1. The summed E-state index contributed by atoms with van der Waals surface area (Å²) in [5.41, 5.74) is 0. The van der Waals surface area contributed by atoms with Crippen molar-refractivity contribution < 1.29 is 8.42 Å². The number of rotatable bonds is 8. The number of sulfonamides is 1. The molecular formula is C12H17N5O2S2. The fourth-order valence-electron chi connectivity index (χ4n) is 1.89. The van der Waals surface area contributed by atoms with Crippen molar-refractivity contribution in [2.45, 2.75) is 36.7 Å². The lowest BCUT2D eigenvalue weighted by Gasteiger charge is -2.03. The predicted molar refractivity (Wildman–Crippen MR) is 80.8 cm³/mol. The number of aryl methyl sites for hydroxylation is 1. The van der Waals surface area contributed by atoms with Crippen molar-refractivity contribution in [1.29, 1.82) is 0 Å². The van der Waals surface area contributed by atoms with Gasteiger partial charge in [-0.3, -0.25) is 9.40 Å². The van der Waals surface area contributed by atoms with Gasteiger partial charge in [0.2, 0.25) is 0 Å². The zero-order valence-corrected chi connectivity index (χ0v) is 13.0. The second kappa shape index (κ2) is 6.12. The molecule has 1 aliphatic rings. The van der Waals surface area contributed by atoms with Crippen molar-refractivity contribution in [3.05, 3.63) is 24.0 Å². The first-order valence-corrected chi connectivity index (χ1v) is 9.18. The molecule has 1 aliphatic carbocycles. The van der Waals surface area contributed by atoms with Gasteiger partial charge >= 0.3 is 0 Å². The molecule has 2 heterocycles. The van der Waals surface area contributed by atoms with Crippen molar-refractivity contribution in [3.63, 3.8) is 0 Å². The normalized spacial score (nSPS) is 15.2. The molecule has 3 rings (SSSR count). The van der Waals surface area contributed by atoms with Crippen LogP contribution in [0.25, 0.3) is 0 Å². The molecule has 0 spiro atoms. The third-order valence-electron chi connectivity index (χ3n) is 3.15. The van der Waals surface area contributed by atoms with Gasteiger partial charge in [0, 0.05) is 30.4 Å². The van der Waals surface area contributed by atoms with Gasteiger partial charge in [-0.2, -0.15) is 5.10 Å². The van der Waals surface area contributed by atoms with E-state index in [2.05, 4.69) is 20.1 Å². The average molecular weight is 327 g/mol. The molecule has 9 heteroatoms. The Morgan fingerprint density at radius 1 is 1.43 bits per heavy atom. The molecule has 0 amide bonds. The molecule has 2 N–H and O–H groups in total. The Morgan fingerprint density at radius 2 is 2.29 bits per heavy atom. The van der Waals surface area contributed by atoms with Gasteiger partial charge in [-0.15, -0.1) is 11.3 Å². The third-order valence-corrected chi connectivity index (χ3v) is 5.26. The monoisotopic (exact) mass is 327 g/mol. The van der Waals surface area contributed by atoms with E-state index in [9.17, 15) is 8.42 Å². The van der Waals surface area contributed by atoms with Gasteiger partial charge in [-0.25, -0.2) is 13.4 Å². The summed E-state index contributed by atoms with van der Waals surface area (Å²) in [6, 6.07) is 0.695. The van der Waals surface area contributed by atoms with Gasteiger partial charge in [0.25, 0.3) is 10.0 Å². The van der Waals surface area contributed by atoms with Gasteiger partial charge in [-0.05, 0) is 25.8 Å². The fraction of sp³-hybridized carbons (Fsp3) is 0.500. The van der Waals surface area contributed by atoms with E-state index in [1.54, 1.807) is 22.5 Å². The van der Waals surface area contributed by atoms with Crippen molar-refractivity contribution in [2.24, 2.45) is 0 Å². The van der Waals surface area contributed by atoms with Gasteiger partial charge in [0.1, 0.15) is 4.90 Å². The highest BCUT2D eigenvalue weighted by atomic mass is 32.2. The first-order valence-electron chi connectivity index (χ1n) is 6.82. The van der Waals surface area contributed by atoms with Crippen LogP contribution in [0.15, 0.2) is 28.9 Å². The maximum absolute atomic E-state index is 12.1. The van der Waals surface area contributed by atoms with Gasteiger partial charge in [-0.1, -0.05) is 0 Å². The van der Waals surface area contributed by atoms with Crippen LogP contribution in [0, 0.1) is 0 Å². The summed E-state index contributed by atoms with van der Waals surface area (Å²) in [7, 11) is -3.60. The molecule has 21 heavy (non-hydrogen) atoms. The van der Waals surface area contributed by atoms with Crippen LogP contribution < -0.4 is 10.0 Å². The van der Waals surface area contributed by atoms with Crippen LogP contribution in [0.3, 0.4) is 0 Å². The van der Waals surface area contributed by atoms with E-state index >= 15 is 0 Å². The molecule has 0 radical (unpaired) electrons. The standard InChI is InChI=1S/C12H17N5O2S2/c18-21(19,16-12-14-5-7-20-12)11-8-15-17(9-11)6-1-4-13-10-2-3-10/h5,7-10,13H,1-4,6H2,(H,14,16). The Bertz CT molecular complexity index is 676. The number of thiazole rings is 1. The molecule has 1 saturated carbocycles. The minimum atomic E-state index is -3.60. The number of hydrogen-bond acceptors (Lipinski definition) is 6. The van der Waals surface area contributed by atoms with E-state index in [1.807, 2.05) is 0 Å². The van der Waals surface area contributed by atoms with E-state index in [-0.39, 0.29) is 4.90 Å². The van der Waals surface area contributed by atoms with Crippen molar-refractivity contribution in [2.75, 3.05) is 11.3 Å². The summed E-state index contributed by atoms with van der Waals surface area (Å²) >= 11 is 1.24. The Morgan fingerprint density at radius 3 is 3.00 bits per heavy atom. The van der Waals surface area contributed by atoms with Gasteiger partial charge in [0.05, 0.1) is 6.20 Å². The molecule has 0 saturated heterocycles. The molecular weight excluding hydrogens is 310 g/mol. The van der Waals surface area contributed by atoms with Crippen molar-refractivity contribution in [3.8, 4) is 0 Å². The van der Waals surface area contributed by atoms with Crippen LogP contribution in [0.2, 0.25) is 0 Å². The average Bonchev–Trinajstić information content (AvgIpc) is 2.92. The Balaban J connectivity index is 1.55. The fourth-order valence-corrected chi connectivity index (χ4v) is 3.63. The quantitative estimate of drug-likeness (QED) is 0.713. The highest BCUT2D eigenvalue weighted by Gasteiger charge is 2.20. The van der Waals surface area contributed by atoms with Gasteiger partial charge < -0.3 is 5.32 Å². The van der Waals surface area contributed by atoms with Crippen LogP contribution in [0.1, 0.15) is 19.3 Å². The first-order chi connectivity index (χ1) is 10.1. The minimum absolute atomic E-state index is 0.160. The first kappa shape index (κ1) is 14.5. The summed E-state index contributed by atoms with van der Waals surface area (Å²) in [5.74, 6) is 0. The minimum Gasteiger partial charge on any atom is -0.314 e. The molecule has 0 aliphatic heterocycles. The molecule has 2 aromatic heterocycles. The smallest absolute Gasteiger partial charge is 0.266 e. The molecule has 0 aromatic carbocycles. The van der Waals surface area contributed by atoms with Crippen molar-refractivity contribution >= 4 is 26.5 Å². The van der Waals surface area contributed by atoms with Crippen LogP contribution in [0.4, 0.5) is 5.13 Å². The van der Waals surface area contributed by atoms with E-state index in [4.69, 9.17) is 0 Å². The maximum Gasteiger partial charge on any atom is 0.266 e. The lowest BCUT2D eigenvalue weighted by molar-refractivity contribution is 0.541. The summed E-state index contributed by atoms with van der Waals surface area (Å²) < 4.78 is 28.4. The number of nitrogens with one attached hydrogen (secondary N) is 2. The zero-order valence-electron chi connectivity index (χ0n) is 11.4. The molecule has 0 unspecified atom stereocenters. The van der Waals surface area contributed by atoms with E-state index < -0.39 is 10.0 Å². The molecule has 114 valence electrons. The molecule has 2 aromatic rings. The van der Waals surface area contributed by atoms with Crippen molar-refractivity contribution in [1.82, 2.24) is 20.1 Å². The Kier molecular flexibility index (Phi) is 4.22. The summed E-state index contributed by atoms with van der Waals surface area (Å²) in [5, 5.41) is 9.59. The topological polar surface area (TPSA) is 88.9 Å². The molecule has 0 bridgehead atoms. The van der Waals surface area contributed by atoms with E-state index in [1.165, 1.54) is 30.4 Å². The number of aromatic nitrogens is 3. The largest absolute Gasteiger partial charge is 0.314 e. The molecule has 7 nitrogen and oxygen atoms in total. The Labute approximate surface area is 127 Å². The summed E-state index contributed by atoms with van der Waals surface area (Å²) in [4.78, 5) is 4.07. The van der Waals surface area contributed by atoms with Crippen LogP contribution >= 0.6 is 11.3 Å². The predicted octanol–water partition coefficient (Wildman–Crippen LogP) is 1.28. The number of nitrogens with zero attached hydrogens (tertiary/aromatic N) is 3. The van der Waals surface area contributed by atoms with E-state index in [0.29, 0.717) is 17.7 Å². The SMILES string of the molecule is O=S(=O)(Nc1nccs1)c1cnn(CCCNC2CC2)c1. The summed E-state index contributed by atoms with van der Waals surface area (Å²) in [6.07, 6.45) is 7.94. The zero-order chi connectivity index (χ0) is 14.7. The second-order valence-corrected chi connectivity index (χ2v) is 7.54. The highest BCUT2D eigenvalue weighted by Crippen LogP contribution is 2.19. The lowest BCUT2D eigenvalue weighted by Crippen LogP contribution is -2.19. The van der Waals surface area contributed by atoms with Gasteiger partial charge in [0.15, 0.2) is 5.13 Å². The number of anilines is 1.